The molecule has 0 atom stereocenters. The first-order chi connectivity index (χ1) is 16.2. The zero-order chi connectivity index (χ0) is 24.5. The second-order valence-electron chi connectivity index (χ2n) is 9.01. The Morgan fingerprint density at radius 1 is 1.12 bits per heavy atom. The van der Waals surface area contributed by atoms with E-state index in [0.717, 1.165) is 16.6 Å². The molecule has 0 amide bonds. The first-order valence-corrected chi connectivity index (χ1v) is 10.8. The standard InChI is InChI=1S/C27H24N4O3/c1-27(2,3)20-10-12-21(13-11-20)34-25-14-9-18(16-24(25)31(32)33)15-19(17-28)26-29-22-7-5-6-8-23(22)30(26)4/h5-16H,1-4H3/b19-15-. The summed E-state index contributed by atoms with van der Waals surface area (Å²) in [6.07, 6.45) is 1.59. The van der Waals surface area contributed by atoms with E-state index in [1.807, 2.05) is 48.0 Å². The fourth-order valence-electron chi connectivity index (χ4n) is 3.70. The van der Waals surface area contributed by atoms with Crippen molar-refractivity contribution in [3.63, 3.8) is 0 Å². The number of rotatable bonds is 5. The van der Waals surface area contributed by atoms with Gasteiger partial charge in [0, 0.05) is 13.1 Å². The largest absolute Gasteiger partial charge is 0.450 e. The van der Waals surface area contributed by atoms with Crippen LogP contribution in [0.4, 0.5) is 5.69 Å². The van der Waals surface area contributed by atoms with E-state index in [1.54, 1.807) is 30.3 Å². The Bertz CT molecular complexity index is 1450. The lowest BCUT2D eigenvalue weighted by molar-refractivity contribution is -0.385. The van der Waals surface area contributed by atoms with Crippen molar-refractivity contribution < 1.29 is 9.66 Å². The van der Waals surface area contributed by atoms with Gasteiger partial charge in [0.15, 0.2) is 5.82 Å². The number of allylic oxidation sites excluding steroid dienone is 1. The molecule has 4 aromatic rings. The van der Waals surface area contributed by atoms with E-state index in [0.29, 0.717) is 22.7 Å². The molecule has 0 fully saturated rings. The van der Waals surface area contributed by atoms with Gasteiger partial charge in [0.2, 0.25) is 5.75 Å². The number of benzene rings is 3. The van der Waals surface area contributed by atoms with Gasteiger partial charge in [-0.05, 0) is 52.9 Å². The summed E-state index contributed by atoms with van der Waals surface area (Å²) in [5.41, 5.74) is 3.43. The van der Waals surface area contributed by atoms with Crippen LogP contribution in [0, 0.1) is 21.4 Å². The molecule has 170 valence electrons. The molecule has 0 saturated carbocycles. The fourth-order valence-corrected chi connectivity index (χ4v) is 3.70. The van der Waals surface area contributed by atoms with Gasteiger partial charge in [0.25, 0.3) is 0 Å². The van der Waals surface area contributed by atoms with Crippen LogP contribution in [0.25, 0.3) is 22.7 Å². The van der Waals surface area contributed by atoms with Gasteiger partial charge in [0.05, 0.1) is 21.5 Å². The third-order valence-corrected chi connectivity index (χ3v) is 5.59. The number of nitriles is 1. The lowest BCUT2D eigenvalue weighted by atomic mass is 9.87. The minimum atomic E-state index is -0.489. The highest BCUT2D eigenvalue weighted by molar-refractivity contribution is 5.91. The minimum absolute atomic E-state index is 0.00396. The predicted octanol–water partition coefficient (Wildman–Crippen LogP) is 6.64. The maximum absolute atomic E-state index is 11.8. The first kappa shape index (κ1) is 22.7. The molecule has 0 bridgehead atoms. The zero-order valence-electron chi connectivity index (χ0n) is 19.4. The average molecular weight is 453 g/mol. The normalized spacial score (nSPS) is 11.9. The van der Waals surface area contributed by atoms with Crippen LogP contribution in [0.5, 0.6) is 11.5 Å². The Morgan fingerprint density at radius 3 is 2.44 bits per heavy atom. The molecule has 0 N–H and O–H groups in total. The van der Waals surface area contributed by atoms with E-state index >= 15 is 0 Å². The number of nitro benzene ring substituents is 1. The van der Waals surface area contributed by atoms with Gasteiger partial charge in [-0.25, -0.2) is 4.98 Å². The zero-order valence-corrected chi connectivity index (χ0v) is 19.4. The minimum Gasteiger partial charge on any atom is -0.450 e. The van der Waals surface area contributed by atoms with E-state index in [1.165, 1.54) is 6.07 Å². The number of nitrogens with zero attached hydrogens (tertiary/aromatic N) is 4. The molecule has 7 nitrogen and oxygen atoms in total. The lowest BCUT2D eigenvalue weighted by Crippen LogP contribution is -2.10. The van der Waals surface area contributed by atoms with Gasteiger partial charge in [-0.15, -0.1) is 0 Å². The number of para-hydroxylation sites is 2. The van der Waals surface area contributed by atoms with Crippen molar-refractivity contribution in [2.24, 2.45) is 7.05 Å². The molecule has 1 aromatic heterocycles. The molecule has 0 aliphatic heterocycles. The van der Waals surface area contributed by atoms with Crippen LogP contribution >= 0.6 is 0 Å². The van der Waals surface area contributed by atoms with Crippen molar-refractivity contribution in [1.29, 1.82) is 5.26 Å². The molecule has 34 heavy (non-hydrogen) atoms. The van der Waals surface area contributed by atoms with Crippen molar-refractivity contribution in [3.8, 4) is 17.6 Å². The highest BCUT2D eigenvalue weighted by Gasteiger charge is 2.19. The molecule has 7 heteroatoms. The van der Waals surface area contributed by atoms with Crippen molar-refractivity contribution in [2.75, 3.05) is 0 Å². The first-order valence-electron chi connectivity index (χ1n) is 10.8. The molecule has 4 rings (SSSR count). The molecule has 3 aromatic carbocycles. The van der Waals surface area contributed by atoms with E-state index in [4.69, 9.17) is 4.74 Å². The van der Waals surface area contributed by atoms with Gasteiger partial charge in [-0.2, -0.15) is 5.26 Å². The number of hydrogen-bond donors (Lipinski definition) is 0. The molecule has 0 saturated heterocycles. The SMILES string of the molecule is Cn1c(/C(C#N)=C\c2ccc(Oc3ccc(C(C)(C)C)cc3)c([N+](=O)[O-])c2)nc2ccccc21. The van der Waals surface area contributed by atoms with E-state index in [2.05, 4.69) is 31.8 Å². The Balaban J connectivity index is 1.68. The quantitative estimate of drug-likeness (QED) is 0.192. The number of hydrogen-bond acceptors (Lipinski definition) is 5. The molecule has 1 heterocycles. The Morgan fingerprint density at radius 2 is 1.82 bits per heavy atom. The third kappa shape index (κ3) is 4.52. The Labute approximate surface area is 197 Å². The number of nitro groups is 1. The van der Waals surface area contributed by atoms with Crippen LogP contribution < -0.4 is 4.74 Å². The van der Waals surface area contributed by atoms with Gasteiger partial charge in [-0.1, -0.05) is 51.1 Å². The van der Waals surface area contributed by atoms with Gasteiger partial charge >= 0.3 is 5.69 Å². The molecule has 0 unspecified atom stereocenters. The lowest BCUT2D eigenvalue weighted by Gasteiger charge is -2.19. The number of imidazole rings is 1. The molecular weight excluding hydrogens is 428 g/mol. The van der Waals surface area contributed by atoms with Crippen molar-refractivity contribution in [3.05, 3.63) is 93.8 Å². The van der Waals surface area contributed by atoms with E-state index in [9.17, 15) is 15.4 Å². The Hall–Kier alpha value is -4.44. The van der Waals surface area contributed by atoms with Crippen LogP contribution in [-0.2, 0) is 12.5 Å². The summed E-state index contributed by atoms with van der Waals surface area (Å²) in [7, 11) is 1.83. The Kier molecular flexibility index (Phi) is 5.91. The summed E-state index contributed by atoms with van der Waals surface area (Å²) in [6.45, 7) is 6.34. The number of fused-ring (bicyclic) bond motifs is 1. The third-order valence-electron chi connectivity index (χ3n) is 5.59. The van der Waals surface area contributed by atoms with Gasteiger partial charge in [0.1, 0.15) is 11.8 Å². The van der Waals surface area contributed by atoms with Crippen LogP contribution in [0.2, 0.25) is 0 Å². The van der Waals surface area contributed by atoms with Crippen molar-refractivity contribution in [2.45, 2.75) is 26.2 Å². The van der Waals surface area contributed by atoms with Crippen LogP contribution in [0.1, 0.15) is 37.7 Å². The summed E-state index contributed by atoms with van der Waals surface area (Å²) >= 11 is 0. The summed E-state index contributed by atoms with van der Waals surface area (Å²) in [5.74, 6) is 1.13. The van der Waals surface area contributed by atoms with E-state index in [-0.39, 0.29) is 16.9 Å². The summed E-state index contributed by atoms with van der Waals surface area (Å²) in [4.78, 5) is 15.8. The second kappa shape index (κ2) is 8.83. The second-order valence-corrected chi connectivity index (χ2v) is 9.01. The molecule has 0 aliphatic carbocycles. The number of aryl methyl sites for hydroxylation is 1. The number of aromatic nitrogens is 2. The van der Waals surface area contributed by atoms with Gasteiger partial charge in [-0.3, -0.25) is 10.1 Å². The van der Waals surface area contributed by atoms with Crippen LogP contribution in [-0.4, -0.2) is 14.5 Å². The predicted molar refractivity (Wildman–Crippen MR) is 133 cm³/mol. The molecule has 0 aliphatic rings. The monoisotopic (exact) mass is 452 g/mol. The van der Waals surface area contributed by atoms with Crippen LogP contribution in [0.15, 0.2) is 66.7 Å². The van der Waals surface area contributed by atoms with Crippen molar-refractivity contribution >= 4 is 28.4 Å². The highest BCUT2D eigenvalue weighted by atomic mass is 16.6. The fraction of sp³-hybridized carbons (Fsp3) is 0.185. The summed E-state index contributed by atoms with van der Waals surface area (Å²) in [6, 6.07) is 21.9. The molecule has 0 radical (unpaired) electrons. The smallest absolute Gasteiger partial charge is 0.312 e. The number of ether oxygens (including phenoxy) is 1. The average Bonchev–Trinajstić information content (AvgIpc) is 3.14. The summed E-state index contributed by atoms with van der Waals surface area (Å²) in [5, 5.41) is 21.5. The maximum atomic E-state index is 11.8. The van der Waals surface area contributed by atoms with E-state index < -0.39 is 4.92 Å². The highest BCUT2D eigenvalue weighted by Crippen LogP contribution is 2.34. The maximum Gasteiger partial charge on any atom is 0.312 e. The summed E-state index contributed by atoms with van der Waals surface area (Å²) < 4.78 is 7.66. The topological polar surface area (TPSA) is 94.0 Å². The molecule has 0 spiro atoms. The molecular formula is C27H24N4O3. The van der Waals surface area contributed by atoms with Gasteiger partial charge < -0.3 is 9.30 Å². The van der Waals surface area contributed by atoms with Crippen LogP contribution in [0.3, 0.4) is 0 Å². The van der Waals surface area contributed by atoms with Crippen molar-refractivity contribution in [1.82, 2.24) is 9.55 Å².